The van der Waals surface area contributed by atoms with E-state index in [1.54, 1.807) is 0 Å². The fraction of sp³-hybridized carbons (Fsp3) is 0.706. The minimum absolute atomic E-state index is 0.117. The van der Waals surface area contributed by atoms with E-state index in [1.807, 2.05) is 12.5 Å². The van der Waals surface area contributed by atoms with Crippen LogP contribution in [-0.2, 0) is 24.0 Å². The Morgan fingerprint density at radius 1 is 0.871 bits per heavy atom. The summed E-state index contributed by atoms with van der Waals surface area (Å²) in [6, 6.07) is -4.41. The zero-order chi connectivity index (χ0) is 24.0. The third-order valence-corrected chi connectivity index (χ3v) is 5.70. The van der Waals surface area contributed by atoms with E-state index in [9.17, 15) is 24.0 Å². The number of carbonyl (C=O) groups excluding carboxylic acids is 4. The second-order valence-corrected chi connectivity index (χ2v) is 8.88. The average molecular weight is 498 g/mol. The highest BCUT2D eigenvalue weighted by molar-refractivity contribution is 7.98. The number of carboxylic acid groups (broad SMARTS) is 1. The molecule has 0 aliphatic heterocycles. The number of carboxylic acids is 1. The molecule has 0 aromatic rings. The van der Waals surface area contributed by atoms with Crippen LogP contribution in [0.25, 0.3) is 0 Å². The van der Waals surface area contributed by atoms with Crippen LogP contribution in [0.5, 0.6) is 0 Å². The van der Waals surface area contributed by atoms with Gasteiger partial charge in [-0.25, -0.2) is 4.79 Å². The second kappa shape index (κ2) is 16.1. The van der Waals surface area contributed by atoms with Gasteiger partial charge in [0.2, 0.25) is 23.6 Å². The first-order chi connectivity index (χ1) is 14.6. The molecule has 0 saturated carbocycles. The lowest BCUT2D eigenvalue weighted by Gasteiger charge is -2.24. The first-order valence-corrected chi connectivity index (χ1v) is 12.8. The standard InChI is InChI=1S/C17H31N5O6S3/c1-30-5-3-10(20-14(24)9(18)7-13(19)23)15(25)21-11(4-6-31-2)16(26)22-12(8-29)17(27)28/h9-12,29H,3-8,18H2,1-2H3,(H2,19,23)(H,20,24)(H,21,25)(H,22,26)(H,27,28). The van der Waals surface area contributed by atoms with Gasteiger partial charge in [-0.15, -0.1) is 0 Å². The van der Waals surface area contributed by atoms with E-state index in [4.69, 9.17) is 16.6 Å². The molecule has 178 valence electrons. The molecular formula is C17H31N5O6S3. The van der Waals surface area contributed by atoms with Gasteiger partial charge in [-0.05, 0) is 36.9 Å². The molecule has 0 fully saturated rings. The van der Waals surface area contributed by atoms with Crippen LogP contribution in [0.3, 0.4) is 0 Å². The predicted octanol–water partition coefficient (Wildman–Crippen LogP) is -1.84. The Morgan fingerprint density at radius 3 is 1.65 bits per heavy atom. The Balaban J connectivity index is 5.32. The maximum atomic E-state index is 12.8. The third kappa shape index (κ3) is 12.1. The highest BCUT2D eigenvalue weighted by Crippen LogP contribution is 2.06. The Labute approximate surface area is 195 Å². The zero-order valence-corrected chi connectivity index (χ0v) is 20.0. The van der Waals surface area contributed by atoms with E-state index in [0.717, 1.165) is 0 Å². The predicted molar refractivity (Wildman–Crippen MR) is 125 cm³/mol. The molecule has 0 rings (SSSR count). The van der Waals surface area contributed by atoms with Crippen LogP contribution in [-0.4, -0.2) is 88.6 Å². The van der Waals surface area contributed by atoms with Crippen LogP contribution in [0.2, 0.25) is 0 Å². The number of aliphatic carboxylic acids is 1. The largest absolute Gasteiger partial charge is 0.480 e. The number of nitrogens with two attached hydrogens (primary N) is 2. The van der Waals surface area contributed by atoms with Gasteiger partial charge in [0.25, 0.3) is 0 Å². The Hall–Kier alpha value is -1.64. The minimum atomic E-state index is -1.24. The van der Waals surface area contributed by atoms with Crippen molar-refractivity contribution in [2.24, 2.45) is 11.5 Å². The van der Waals surface area contributed by atoms with Crippen molar-refractivity contribution >= 4 is 65.8 Å². The van der Waals surface area contributed by atoms with Crippen molar-refractivity contribution in [3.63, 3.8) is 0 Å². The van der Waals surface area contributed by atoms with Gasteiger partial charge < -0.3 is 32.5 Å². The number of primary amides is 1. The number of rotatable bonds is 16. The molecule has 0 radical (unpaired) electrons. The van der Waals surface area contributed by atoms with Gasteiger partial charge in [-0.1, -0.05) is 0 Å². The third-order valence-electron chi connectivity index (χ3n) is 4.04. The molecule has 8 N–H and O–H groups in total. The highest BCUT2D eigenvalue weighted by Gasteiger charge is 2.29. The fourth-order valence-electron chi connectivity index (χ4n) is 2.33. The first kappa shape index (κ1) is 29.4. The van der Waals surface area contributed by atoms with Gasteiger partial charge >= 0.3 is 5.97 Å². The number of hydrogen-bond donors (Lipinski definition) is 7. The summed E-state index contributed by atoms with van der Waals surface area (Å²) in [5.41, 5.74) is 10.7. The van der Waals surface area contributed by atoms with Crippen molar-refractivity contribution in [3.05, 3.63) is 0 Å². The van der Waals surface area contributed by atoms with E-state index in [1.165, 1.54) is 23.5 Å². The fourth-order valence-corrected chi connectivity index (χ4v) is 3.52. The van der Waals surface area contributed by atoms with Crippen molar-refractivity contribution in [2.75, 3.05) is 29.8 Å². The molecule has 0 aromatic carbocycles. The van der Waals surface area contributed by atoms with Crippen LogP contribution < -0.4 is 27.4 Å². The summed E-state index contributed by atoms with van der Waals surface area (Å²) >= 11 is 6.81. The molecule has 0 aromatic heterocycles. The Morgan fingerprint density at radius 2 is 1.29 bits per heavy atom. The molecule has 0 aliphatic carbocycles. The molecule has 31 heavy (non-hydrogen) atoms. The molecule has 4 atom stereocenters. The summed E-state index contributed by atoms with van der Waals surface area (Å²) in [5.74, 6) is -3.04. The van der Waals surface area contributed by atoms with Crippen molar-refractivity contribution in [1.82, 2.24) is 16.0 Å². The number of carbonyl (C=O) groups is 5. The highest BCUT2D eigenvalue weighted by atomic mass is 32.2. The van der Waals surface area contributed by atoms with Gasteiger partial charge in [0.15, 0.2) is 0 Å². The molecule has 14 heteroatoms. The van der Waals surface area contributed by atoms with E-state index in [2.05, 4.69) is 28.6 Å². The Kier molecular flexibility index (Phi) is 15.2. The van der Waals surface area contributed by atoms with Gasteiger partial charge in [0.05, 0.1) is 12.5 Å². The van der Waals surface area contributed by atoms with Gasteiger partial charge in [0.1, 0.15) is 18.1 Å². The zero-order valence-electron chi connectivity index (χ0n) is 17.5. The summed E-state index contributed by atoms with van der Waals surface area (Å²) < 4.78 is 0. The Bertz CT molecular complexity index is 639. The molecule has 0 heterocycles. The van der Waals surface area contributed by atoms with Crippen molar-refractivity contribution in [3.8, 4) is 0 Å². The quantitative estimate of drug-likeness (QED) is 0.120. The maximum Gasteiger partial charge on any atom is 0.327 e. The van der Waals surface area contributed by atoms with Crippen LogP contribution >= 0.6 is 36.2 Å². The SMILES string of the molecule is CSCCC(NC(=O)C(N)CC(N)=O)C(=O)NC(CCSC)C(=O)NC(CS)C(=O)O. The molecule has 4 unspecified atom stereocenters. The molecule has 0 spiro atoms. The van der Waals surface area contributed by atoms with Gasteiger partial charge in [-0.3, -0.25) is 19.2 Å². The summed E-state index contributed by atoms with van der Waals surface area (Å²) in [7, 11) is 0. The molecule has 0 saturated heterocycles. The summed E-state index contributed by atoms with van der Waals surface area (Å²) in [6.45, 7) is 0. The van der Waals surface area contributed by atoms with E-state index in [0.29, 0.717) is 11.5 Å². The second-order valence-electron chi connectivity index (χ2n) is 6.54. The first-order valence-electron chi connectivity index (χ1n) is 9.33. The van der Waals surface area contributed by atoms with Crippen LogP contribution in [0, 0.1) is 0 Å². The lowest BCUT2D eigenvalue weighted by Crippen LogP contribution is -2.57. The number of thioether (sulfide) groups is 2. The number of nitrogens with one attached hydrogen (secondary N) is 3. The number of amides is 4. The van der Waals surface area contributed by atoms with Crippen LogP contribution in [0.4, 0.5) is 0 Å². The van der Waals surface area contributed by atoms with Crippen LogP contribution in [0.15, 0.2) is 0 Å². The summed E-state index contributed by atoms with van der Waals surface area (Å²) in [5, 5.41) is 16.5. The maximum absolute atomic E-state index is 12.8. The van der Waals surface area contributed by atoms with E-state index < -0.39 is 53.8 Å². The lowest BCUT2D eigenvalue weighted by molar-refractivity contribution is -0.141. The monoisotopic (exact) mass is 497 g/mol. The van der Waals surface area contributed by atoms with Crippen molar-refractivity contribution < 1.29 is 29.1 Å². The molecule has 0 bridgehead atoms. The number of hydrogen-bond acceptors (Lipinski definition) is 9. The molecule has 4 amide bonds. The van der Waals surface area contributed by atoms with Crippen molar-refractivity contribution in [2.45, 2.75) is 43.4 Å². The van der Waals surface area contributed by atoms with E-state index >= 15 is 0 Å². The lowest BCUT2D eigenvalue weighted by atomic mass is 10.1. The summed E-state index contributed by atoms with van der Waals surface area (Å²) in [4.78, 5) is 59.7. The smallest absolute Gasteiger partial charge is 0.327 e. The topological polar surface area (TPSA) is 194 Å². The van der Waals surface area contributed by atoms with Gasteiger partial charge in [0, 0.05) is 5.75 Å². The average Bonchev–Trinajstić information content (AvgIpc) is 2.70. The van der Waals surface area contributed by atoms with Gasteiger partial charge in [-0.2, -0.15) is 36.2 Å². The minimum Gasteiger partial charge on any atom is -0.480 e. The molecular weight excluding hydrogens is 466 g/mol. The molecule has 11 nitrogen and oxygen atoms in total. The van der Waals surface area contributed by atoms with Crippen LogP contribution in [0.1, 0.15) is 19.3 Å². The van der Waals surface area contributed by atoms with E-state index in [-0.39, 0.29) is 25.0 Å². The molecule has 0 aliphatic rings. The normalized spacial score (nSPS) is 14.6. The number of thiol groups is 1. The summed E-state index contributed by atoms with van der Waals surface area (Å²) in [6.07, 6.45) is 3.79. The van der Waals surface area contributed by atoms with Crippen molar-refractivity contribution in [1.29, 1.82) is 0 Å².